The Hall–Kier alpha value is -2.44. The Kier molecular flexibility index (Phi) is 4.86. The molecule has 136 valence electrons. The lowest BCUT2D eigenvalue weighted by molar-refractivity contribution is -0.120. The van der Waals surface area contributed by atoms with E-state index in [1.165, 1.54) is 11.8 Å². The molecule has 0 aliphatic carbocycles. The second kappa shape index (κ2) is 7.43. The average molecular weight is 353 g/mol. The van der Waals surface area contributed by atoms with Gasteiger partial charge in [0, 0.05) is 38.4 Å². The number of ketones is 1. The summed E-state index contributed by atoms with van der Waals surface area (Å²) in [6, 6.07) is 11.6. The van der Waals surface area contributed by atoms with Gasteiger partial charge < -0.3 is 9.32 Å². The molecule has 0 spiro atoms. The number of anilines is 1. The summed E-state index contributed by atoms with van der Waals surface area (Å²) in [6.07, 6.45) is 2.46. The number of rotatable bonds is 5. The summed E-state index contributed by atoms with van der Waals surface area (Å²) in [5, 5.41) is 0. The number of furan rings is 1. The number of fused-ring (bicyclic) bond motifs is 1. The number of piperazine rings is 1. The van der Waals surface area contributed by atoms with E-state index in [1.54, 1.807) is 12.1 Å². The number of amides is 1. The van der Waals surface area contributed by atoms with Crippen LogP contribution in [0.5, 0.6) is 0 Å². The Morgan fingerprint density at radius 1 is 0.885 bits per heavy atom. The Labute approximate surface area is 153 Å². The van der Waals surface area contributed by atoms with Crippen LogP contribution in [0.25, 0.3) is 0 Å². The molecule has 0 N–H and O–H groups in total. The van der Waals surface area contributed by atoms with Gasteiger partial charge in [0.25, 0.3) is 0 Å². The molecule has 6 heteroatoms. The molecule has 0 atom stereocenters. The second-order valence-electron chi connectivity index (χ2n) is 6.88. The van der Waals surface area contributed by atoms with Crippen LogP contribution in [0, 0.1) is 0 Å². The zero-order valence-corrected chi connectivity index (χ0v) is 14.8. The van der Waals surface area contributed by atoms with Crippen molar-refractivity contribution in [3.63, 3.8) is 0 Å². The predicted octanol–water partition coefficient (Wildman–Crippen LogP) is 1.67. The Bertz CT molecular complexity index is 779. The third kappa shape index (κ3) is 3.57. The van der Waals surface area contributed by atoms with Crippen molar-refractivity contribution in [3.05, 3.63) is 54.0 Å². The summed E-state index contributed by atoms with van der Waals surface area (Å²) in [6.45, 7) is 4.75. The van der Waals surface area contributed by atoms with Gasteiger partial charge in [-0.25, -0.2) is 0 Å². The van der Waals surface area contributed by atoms with Gasteiger partial charge >= 0.3 is 0 Å². The quantitative estimate of drug-likeness (QED) is 0.766. The van der Waals surface area contributed by atoms with Crippen LogP contribution in [-0.2, 0) is 11.2 Å². The molecule has 1 fully saturated rings. The monoisotopic (exact) mass is 353 g/mol. The first kappa shape index (κ1) is 17.0. The first-order valence-corrected chi connectivity index (χ1v) is 9.10. The standard InChI is InChI=1S/C20H23N3O3/c24-18(19-6-3-13-26-19)14-21-9-11-22(12-10-21)15-20(25)23-8-7-16-4-1-2-5-17(16)23/h1-6,13H,7-12,14-15H2. The van der Waals surface area contributed by atoms with E-state index in [4.69, 9.17) is 4.42 Å². The van der Waals surface area contributed by atoms with Crippen molar-refractivity contribution in [2.75, 3.05) is 50.7 Å². The van der Waals surface area contributed by atoms with Gasteiger partial charge in [-0.05, 0) is 30.2 Å². The van der Waals surface area contributed by atoms with E-state index in [1.807, 2.05) is 23.1 Å². The Morgan fingerprint density at radius 2 is 1.62 bits per heavy atom. The van der Waals surface area contributed by atoms with Crippen molar-refractivity contribution in [3.8, 4) is 0 Å². The number of para-hydroxylation sites is 1. The van der Waals surface area contributed by atoms with Crippen molar-refractivity contribution < 1.29 is 14.0 Å². The number of benzene rings is 1. The van der Waals surface area contributed by atoms with Gasteiger partial charge in [0.2, 0.25) is 11.7 Å². The maximum atomic E-state index is 12.7. The van der Waals surface area contributed by atoms with E-state index < -0.39 is 0 Å². The number of hydrogen-bond donors (Lipinski definition) is 0. The van der Waals surface area contributed by atoms with Gasteiger partial charge in [0.15, 0.2) is 5.76 Å². The van der Waals surface area contributed by atoms with Gasteiger partial charge in [0.05, 0.1) is 19.4 Å². The SMILES string of the molecule is O=C(CN1CCN(CC(=O)N2CCc3ccccc32)CC1)c1ccco1. The number of nitrogens with zero attached hydrogens (tertiary/aromatic N) is 3. The first-order valence-electron chi connectivity index (χ1n) is 9.10. The molecular formula is C20H23N3O3. The highest BCUT2D eigenvalue weighted by molar-refractivity contribution is 5.97. The first-order chi connectivity index (χ1) is 12.7. The molecule has 1 amide bonds. The van der Waals surface area contributed by atoms with E-state index in [-0.39, 0.29) is 11.7 Å². The largest absolute Gasteiger partial charge is 0.461 e. The molecule has 4 rings (SSSR count). The lowest BCUT2D eigenvalue weighted by Crippen LogP contribution is -2.50. The van der Waals surface area contributed by atoms with Crippen LogP contribution in [0.15, 0.2) is 47.1 Å². The highest BCUT2D eigenvalue weighted by Gasteiger charge is 2.27. The van der Waals surface area contributed by atoms with Gasteiger partial charge in [-0.1, -0.05) is 18.2 Å². The van der Waals surface area contributed by atoms with E-state index in [9.17, 15) is 9.59 Å². The topological polar surface area (TPSA) is 57.0 Å². The minimum Gasteiger partial charge on any atom is -0.461 e. The number of hydrogen-bond acceptors (Lipinski definition) is 5. The molecule has 2 aliphatic heterocycles. The van der Waals surface area contributed by atoms with Crippen molar-refractivity contribution in [2.45, 2.75) is 6.42 Å². The van der Waals surface area contributed by atoms with Crippen LogP contribution in [0.3, 0.4) is 0 Å². The maximum Gasteiger partial charge on any atom is 0.241 e. The van der Waals surface area contributed by atoms with Crippen LogP contribution >= 0.6 is 0 Å². The van der Waals surface area contributed by atoms with Gasteiger partial charge in [-0.2, -0.15) is 0 Å². The summed E-state index contributed by atoms with van der Waals surface area (Å²) in [7, 11) is 0. The van der Waals surface area contributed by atoms with Crippen molar-refractivity contribution >= 4 is 17.4 Å². The fraction of sp³-hybridized carbons (Fsp3) is 0.400. The zero-order chi connectivity index (χ0) is 17.9. The summed E-state index contributed by atoms with van der Waals surface area (Å²) >= 11 is 0. The van der Waals surface area contributed by atoms with Gasteiger partial charge in [-0.3, -0.25) is 19.4 Å². The molecule has 3 heterocycles. The summed E-state index contributed by atoms with van der Waals surface area (Å²) in [5.74, 6) is 0.582. The van der Waals surface area contributed by atoms with Crippen LogP contribution in [-0.4, -0.2) is 67.3 Å². The molecule has 26 heavy (non-hydrogen) atoms. The van der Waals surface area contributed by atoms with Crippen molar-refractivity contribution in [1.82, 2.24) is 9.80 Å². The fourth-order valence-corrected chi connectivity index (χ4v) is 3.70. The summed E-state index contributed by atoms with van der Waals surface area (Å²) in [5.41, 5.74) is 2.31. The molecule has 1 saturated heterocycles. The second-order valence-corrected chi connectivity index (χ2v) is 6.88. The van der Waals surface area contributed by atoms with E-state index in [0.717, 1.165) is 44.8 Å². The highest BCUT2D eigenvalue weighted by Crippen LogP contribution is 2.27. The van der Waals surface area contributed by atoms with Crippen LogP contribution < -0.4 is 4.90 Å². The maximum absolute atomic E-state index is 12.7. The number of Topliss-reactive ketones (excluding diaryl/α,β-unsaturated/α-hetero) is 1. The molecule has 0 bridgehead atoms. The lowest BCUT2D eigenvalue weighted by Gasteiger charge is -2.34. The van der Waals surface area contributed by atoms with Crippen LogP contribution in [0.4, 0.5) is 5.69 Å². The minimum atomic E-state index is 0.00759. The average Bonchev–Trinajstić information content (AvgIpc) is 3.33. The van der Waals surface area contributed by atoms with Gasteiger partial charge in [0.1, 0.15) is 0 Å². The molecule has 1 aromatic carbocycles. The molecule has 6 nitrogen and oxygen atoms in total. The van der Waals surface area contributed by atoms with Crippen molar-refractivity contribution in [2.24, 2.45) is 0 Å². The van der Waals surface area contributed by atoms with Gasteiger partial charge in [-0.15, -0.1) is 0 Å². The van der Waals surface area contributed by atoms with Crippen LogP contribution in [0.1, 0.15) is 16.1 Å². The normalized spacial score (nSPS) is 18.1. The van der Waals surface area contributed by atoms with E-state index >= 15 is 0 Å². The number of carbonyl (C=O) groups excluding carboxylic acids is 2. The molecule has 0 radical (unpaired) electrons. The smallest absolute Gasteiger partial charge is 0.241 e. The lowest BCUT2D eigenvalue weighted by atomic mass is 10.2. The third-order valence-electron chi connectivity index (χ3n) is 5.18. The van der Waals surface area contributed by atoms with E-state index in [0.29, 0.717) is 18.8 Å². The van der Waals surface area contributed by atoms with E-state index in [2.05, 4.69) is 15.9 Å². The summed E-state index contributed by atoms with van der Waals surface area (Å²) in [4.78, 5) is 31.0. The number of carbonyl (C=O) groups is 2. The molecule has 0 saturated carbocycles. The van der Waals surface area contributed by atoms with Crippen LogP contribution in [0.2, 0.25) is 0 Å². The Balaban J connectivity index is 1.26. The predicted molar refractivity (Wildman–Crippen MR) is 98.4 cm³/mol. The molecule has 1 aromatic heterocycles. The Morgan fingerprint density at radius 3 is 2.35 bits per heavy atom. The van der Waals surface area contributed by atoms with Crippen molar-refractivity contribution in [1.29, 1.82) is 0 Å². The molecule has 0 unspecified atom stereocenters. The fourth-order valence-electron chi connectivity index (χ4n) is 3.70. The highest BCUT2D eigenvalue weighted by atomic mass is 16.3. The molecule has 2 aromatic rings. The third-order valence-corrected chi connectivity index (χ3v) is 5.18. The summed E-state index contributed by atoms with van der Waals surface area (Å²) < 4.78 is 5.16. The zero-order valence-electron chi connectivity index (χ0n) is 14.8. The minimum absolute atomic E-state index is 0.00759. The molecule has 2 aliphatic rings. The molecular weight excluding hydrogens is 330 g/mol.